The second-order valence-electron chi connectivity index (χ2n) is 5.96. The van der Waals surface area contributed by atoms with E-state index in [1.807, 2.05) is 24.4 Å². The zero-order valence-electron chi connectivity index (χ0n) is 13.6. The van der Waals surface area contributed by atoms with E-state index in [0.717, 1.165) is 38.2 Å². The molecule has 0 spiro atoms. The summed E-state index contributed by atoms with van der Waals surface area (Å²) in [6.07, 6.45) is 6.52. The number of nitrogens with zero attached hydrogens (tertiary/aromatic N) is 2. The molecule has 1 aliphatic heterocycles. The van der Waals surface area contributed by atoms with E-state index in [9.17, 15) is 0 Å². The van der Waals surface area contributed by atoms with Crippen molar-refractivity contribution in [2.75, 3.05) is 19.3 Å². The Morgan fingerprint density at radius 2 is 1.91 bits per heavy atom. The molecule has 1 saturated heterocycles. The number of hydrogen-bond acceptors (Lipinski definition) is 4. The second-order valence-corrected chi connectivity index (χ2v) is 6.84. The Labute approximate surface area is 143 Å². The highest BCUT2D eigenvalue weighted by Crippen LogP contribution is 2.19. The van der Waals surface area contributed by atoms with E-state index in [0.29, 0.717) is 12.7 Å². The van der Waals surface area contributed by atoms with Gasteiger partial charge in [-0.2, -0.15) is 0 Å². The fourth-order valence-electron chi connectivity index (χ4n) is 2.91. The summed E-state index contributed by atoms with van der Waals surface area (Å²) in [5, 5.41) is 0. The first-order valence-corrected chi connectivity index (χ1v) is 9.43. The highest BCUT2D eigenvalue weighted by atomic mass is 32.2. The Morgan fingerprint density at radius 1 is 1.13 bits per heavy atom. The summed E-state index contributed by atoms with van der Waals surface area (Å²) in [6, 6.07) is 14.9. The summed E-state index contributed by atoms with van der Waals surface area (Å²) in [7, 11) is 0. The van der Waals surface area contributed by atoms with Crippen LogP contribution in [0.3, 0.4) is 0 Å². The summed E-state index contributed by atoms with van der Waals surface area (Å²) < 4.78 is 6.01. The standard InChI is InChI=1S/C19H24N2OS/c1-23-19-7-5-16(6-8-19)14-21-12-9-18(10-13-21)22-15-17-4-2-3-11-20-17/h2-8,11,18H,9-10,12-15H2,1H3. The first-order chi connectivity index (χ1) is 11.3. The topological polar surface area (TPSA) is 25.4 Å². The highest BCUT2D eigenvalue weighted by Gasteiger charge is 2.19. The molecule has 4 heteroatoms. The van der Waals surface area contributed by atoms with Crippen molar-refractivity contribution >= 4 is 11.8 Å². The van der Waals surface area contributed by atoms with E-state index >= 15 is 0 Å². The van der Waals surface area contributed by atoms with Crippen LogP contribution in [0.15, 0.2) is 53.6 Å². The van der Waals surface area contributed by atoms with E-state index in [-0.39, 0.29) is 0 Å². The van der Waals surface area contributed by atoms with Gasteiger partial charge in [-0.15, -0.1) is 11.8 Å². The molecule has 3 nitrogen and oxygen atoms in total. The largest absolute Gasteiger partial charge is 0.372 e. The lowest BCUT2D eigenvalue weighted by molar-refractivity contribution is -0.00522. The van der Waals surface area contributed by atoms with Crippen LogP contribution in [0.2, 0.25) is 0 Å². The SMILES string of the molecule is CSc1ccc(CN2CCC(OCc3ccccn3)CC2)cc1. The Kier molecular flexibility index (Phi) is 6.08. The van der Waals surface area contributed by atoms with Crippen LogP contribution < -0.4 is 0 Å². The van der Waals surface area contributed by atoms with Gasteiger partial charge in [0.25, 0.3) is 0 Å². The molecule has 1 fully saturated rings. The zero-order valence-corrected chi connectivity index (χ0v) is 14.5. The van der Waals surface area contributed by atoms with Crippen molar-refractivity contribution in [1.82, 2.24) is 9.88 Å². The number of ether oxygens (including phenoxy) is 1. The highest BCUT2D eigenvalue weighted by molar-refractivity contribution is 7.98. The molecule has 0 saturated carbocycles. The van der Waals surface area contributed by atoms with Crippen LogP contribution in [-0.2, 0) is 17.9 Å². The molecule has 0 atom stereocenters. The lowest BCUT2D eigenvalue weighted by atomic mass is 10.1. The van der Waals surface area contributed by atoms with Gasteiger partial charge in [0.1, 0.15) is 0 Å². The minimum absolute atomic E-state index is 0.368. The number of benzene rings is 1. The summed E-state index contributed by atoms with van der Waals surface area (Å²) in [4.78, 5) is 8.16. The number of likely N-dealkylation sites (tertiary alicyclic amines) is 1. The molecule has 1 aromatic carbocycles. The molecule has 0 radical (unpaired) electrons. The fourth-order valence-corrected chi connectivity index (χ4v) is 3.32. The molecule has 0 bridgehead atoms. The normalized spacial score (nSPS) is 16.6. The third kappa shape index (κ3) is 5.06. The minimum atomic E-state index is 0.368. The maximum Gasteiger partial charge on any atom is 0.0891 e. The summed E-state index contributed by atoms with van der Waals surface area (Å²) >= 11 is 1.79. The molecular weight excluding hydrogens is 304 g/mol. The van der Waals surface area contributed by atoms with Crippen molar-refractivity contribution in [2.45, 2.75) is 37.0 Å². The van der Waals surface area contributed by atoms with Gasteiger partial charge in [0.15, 0.2) is 0 Å². The second kappa shape index (κ2) is 8.48. The van der Waals surface area contributed by atoms with Crippen molar-refractivity contribution < 1.29 is 4.74 Å². The maximum atomic E-state index is 6.01. The molecular formula is C19H24N2OS. The fraction of sp³-hybridized carbons (Fsp3) is 0.421. The van der Waals surface area contributed by atoms with Gasteiger partial charge in [0.2, 0.25) is 0 Å². The molecule has 3 rings (SSSR count). The van der Waals surface area contributed by atoms with Gasteiger partial charge in [-0.05, 0) is 48.9 Å². The first kappa shape index (κ1) is 16.5. The number of piperidine rings is 1. The number of aromatic nitrogens is 1. The molecule has 0 amide bonds. The van der Waals surface area contributed by atoms with Crippen molar-refractivity contribution in [2.24, 2.45) is 0 Å². The van der Waals surface area contributed by atoms with Gasteiger partial charge >= 0.3 is 0 Å². The lowest BCUT2D eigenvalue weighted by Crippen LogP contribution is -2.36. The molecule has 2 aromatic rings. The van der Waals surface area contributed by atoms with Crippen LogP contribution in [0.25, 0.3) is 0 Å². The van der Waals surface area contributed by atoms with Gasteiger partial charge in [-0.25, -0.2) is 0 Å². The molecule has 122 valence electrons. The van der Waals surface area contributed by atoms with Gasteiger partial charge < -0.3 is 4.74 Å². The number of hydrogen-bond donors (Lipinski definition) is 0. The zero-order chi connectivity index (χ0) is 15.9. The minimum Gasteiger partial charge on any atom is -0.372 e. The van der Waals surface area contributed by atoms with Crippen LogP contribution in [0.5, 0.6) is 0 Å². The smallest absolute Gasteiger partial charge is 0.0891 e. The van der Waals surface area contributed by atoms with Gasteiger partial charge in [-0.1, -0.05) is 18.2 Å². The molecule has 1 aliphatic rings. The number of thioether (sulfide) groups is 1. The predicted octanol–water partition coefficient (Wildman–Crippen LogP) is 3.98. The van der Waals surface area contributed by atoms with Crippen LogP contribution in [0.4, 0.5) is 0 Å². The van der Waals surface area contributed by atoms with E-state index in [2.05, 4.69) is 40.4 Å². The molecule has 0 N–H and O–H groups in total. The Morgan fingerprint density at radius 3 is 2.57 bits per heavy atom. The van der Waals surface area contributed by atoms with Crippen molar-refractivity contribution in [1.29, 1.82) is 0 Å². The third-order valence-electron chi connectivity index (χ3n) is 4.29. The van der Waals surface area contributed by atoms with Gasteiger partial charge in [-0.3, -0.25) is 9.88 Å². The van der Waals surface area contributed by atoms with Crippen LogP contribution in [0, 0.1) is 0 Å². The molecule has 2 heterocycles. The van der Waals surface area contributed by atoms with Crippen LogP contribution >= 0.6 is 11.8 Å². The summed E-state index contributed by atoms with van der Waals surface area (Å²) in [5.41, 5.74) is 2.42. The Bertz CT molecular complexity index is 580. The van der Waals surface area contributed by atoms with Gasteiger partial charge in [0, 0.05) is 30.7 Å². The average molecular weight is 328 g/mol. The van der Waals surface area contributed by atoms with Crippen molar-refractivity contribution in [3.05, 3.63) is 59.9 Å². The monoisotopic (exact) mass is 328 g/mol. The molecule has 1 aromatic heterocycles. The summed E-state index contributed by atoms with van der Waals surface area (Å²) in [5.74, 6) is 0. The van der Waals surface area contributed by atoms with E-state index < -0.39 is 0 Å². The van der Waals surface area contributed by atoms with E-state index in [1.165, 1.54) is 10.5 Å². The predicted molar refractivity (Wildman–Crippen MR) is 95.5 cm³/mol. The lowest BCUT2D eigenvalue weighted by Gasteiger charge is -2.31. The average Bonchev–Trinajstić information content (AvgIpc) is 2.63. The Hall–Kier alpha value is -1.36. The van der Waals surface area contributed by atoms with E-state index in [4.69, 9.17) is 4.74 Å². The molecule has 23 heavy (non-hydrogen) atoms. The quantitative estimate of drug-likeness (QED) is 0.749. The van der Waals surface area contributed by atoms with Crippen LogP contribution in [0.1, 0.15) is 24.1 Å². The van der Waals surface area contributed by atoms with Gasteiger partial charge in [0.05, 0.1) is 18.4 Å². The number of pyridine rings is 1. The maximum absolute atomic E-state index is 6.01. The number of rotatable bonds is 6. The molecule has 0 aliphatic carbocycles. The Balaban J connectivity index is 1.41. The molecule has 0 unspecified atom stereocenters. The first-order valence-electron chi connectivity index (χ1n) is 8.20. The third-order valence-corrected chi connectivity index (χ3v) is 5.04. The van der Waals surface area contributed by atoms with Crippen LogP contribution in [-0.4, -0.2) is 35.3 Å². The van der Waals surface area contributed by atoms with Crippen molar-refractivity contribution in [3.8, 4) is 0 Å². The summed E-state index contributed by atoms with van der Waals surface area (Å²) in [6.45, 7) is 3.89. The van der Waals surface area contributed by atoms with Crippen molar-refractivity contribution in [3.63, 3.8) is 0 Å². The van der Waals surface area contributed by atoms with E-state index in [1.54, 1.807) is 11.8 Å².